The number of alkyl halides is 1. The summed E-state index contributed by atoms with van der Waals surface area (Å²) in [5.74, 6) is -0.391. The maximum absolute atomic E-state index is 14.0. The van der Waals surface area contributed by atoms with E-state index in [9.17, 15) is 18.9 Å². The Morgan fingerprint density at radius 2 is 2.12 bits per heavy atom. The number of rotatable bonds is 14. The van der Waals surface area contributed by atoms with Crippen LogP contribution in [0.4, 0.5) is 10.2 Å². The van der Waals surface area contributed by atoms with Crippen LogP contribution in [0.2, 0.25) is 0 Å². The van der Waals surface area contributed by atoms with Crippen molar-refractivity contribution in [3.05, 3.63) is 24.2 Å². The van der Waals surface area contributed by atoms with Crippen LogP contribution in [-0.4, -0.2) is 83.6 Å². The van der Waals surface area contributed by atoms with E-state index in [0.29, 0.717) is 11.2 Å². The van der Waals surface area contributed by atoms with E-state index in [2.05, 4.69) is 15.2 Å². The van der Waals surface area contributed by atoms with E-state index in [1.165, 1.54) is 32.0 Å². The minimum Gasteiger partial charge on any atom is -0.462 e. The average molecular weight is 491 g/mol. The molecule has 33 heavy (non-hydrogen) atoms. The van der Waals surface area contributed by atoms with Gasteiger partial charge in [-0.3, -0.25) is 9.36 Å². The SMILES string of the molecule is CO[C@@H](C)COC(=O)[C@H](C)N[PH](=O)OC[C@@](CF)(OC)[C@@H](O)Cc1ccc2c(N)ncnn12. The lowest BCUT2D eigenvalue weighted by atomic mass is 9.95. The van der Waals surface area contributed by atoms with E-state index in [1.54, 1.807) is 19.1 Å². The highest BCUT2D eigenvalue weighted by Gasteiger charge is 2.40. The fourth-order valence-corrected chi connectivity index (χ4v) is 3.81. The molecule has 4 N–H and O–H groups in total. The zero-order chi connectivity index (χ0) is 24.6. The molecule has 0 bridgehead atoms. The minimum atomic E-state index is -3.00. The second kappa shape index (κ2) is 12.4. The van der Waals surface area contributed by atoms with Gasteiger partial charge in [0.1, 0.15) is 36.8 Å². The molecule has 2 rings (SSSR count). The number of ether oxygens (including phenoxy) is 3. The topological polar surface area (TPSA) is 160 Å². The number of aliphatic hydroxyl groups excluding tert-OH is 1. The minimum absolute atomic E-state index is 0.0367. The lowest BCUT2D eigenvalue weighted by Crippen LogP contribution is -2.51. The molecule has 1 unspecified atom stereocenters. The second-order valence-electron chi connectivity index (χ2n) is 7.51. The van der Waals surface area contributed by atoms with Gasteiger partial charge in [0.05, 0.1) is 18.8 Å². The van der Waals surface area contributed by atoms with E-state index < -0.39 is 45.2 Å². The molecule has 0 saturated carbocycles. The van der Waals surface area contributed by atoms with Crippen molar-refractivity contribution in [2.45, 2.75) is 44.1 Å². The molecule has 14 heteroatoms. The number of nitrogens with one attached hydrogen (secondary N) is 1. The highest BCUT2D eigenvalue weighted by atomic mass is 31.1. The first-order valence-corrected chi connectivity index (χ1v) is 11.5. The number of esters is 1. The average Bonchev–Trinajstić information content (AvgIpc) is 3.22. The van der Waals surface area contributed by atoms with Gasteiger partial charge >= 0.3 is 5.97 Å². The molecule has 0 fully saturated rings. The quantitative estimate of drug-likeness (QED) is 0.250. The van der Waals surface area contributed by atoms with Crippen LogP contribution < -0.4 is 10.8 Å². The number of hydrogen-bond acceptors (Lipinski definition) is 10. The van der Waals surface area contributed by atoms with Crippen molar-refractivity contribution in [1.29, 1.82) is 0 Å². The Balaban J connectivity index is 1.98. The molecule has 0 aliphatic carbocycles. The summed E-state index contributed by atoms with van der Waals surface area (Å²) in [4.78, 5) is 15.9. The van der Waals surface area contributed by atoms with Crippen LogP contribution in [0.3, 0.4) is 0 Å². The summed E-state index contributed by atoms with van der Waals surface area (Å²) >= 11 is 0. The van der Waals surface area contributed by atoms with Crippen molar-refractivity contribution in [2.24, 2.45) is 0 Å². The van der Waals surface area contributed by atoms with Crippen molar-refractivity contribution in [3.63, 3.8) is 0 Å². The van der Waals surface area contributed by atoms with E-state index in [4.69, 9.17) is 24.5 Å². The van der Waals surface area contributed by atoms with Crippen LogP contribution in [0.15, 0.2) is 18.5 Å². The third kappa shape index (κ3) is 6.92. The number of carbonyl (C=O) groups excluding carboxylic acids is 1. The largest absolute Gasteiger partial charge is 0.462 e. The maximum Gasteiger partial charge on any atom is 0.323 e. The van der Waals surface area contributed by atoms with E-state index in [1.807, 2.05) is 0 Å². The third-order valence-corrected chi connectivity index (χ3v) is 6.28. The molecular weight excluding hydrogens is 460 g/mol. The summed E-state index contributed by atoms with van der Waals surface area (Å²) in [6.07, 6.45) is -0.460. The van der Waals surface area contributed by atoms with Gasteiger partial charge in [0.25, 0.3) is 8.18 Å². The Morgan fingerprint density at radius 3 is 2.76 bits per heavy atom. The third-order valence-electron chi connectivity index (χ3n) is 5.20. The van der Waals surface area contributed by atoms with Crippen LogP contribution in [-0.2, 0) is 34.5 Å². The number of fused-ring (bicyclic) bond motifs is 1. The number of carbonyl (C=O) groups is 1. The first-order valence-electron chi connectivity index (χ1n) is 10.2. The molecule has 2 aromatic heterocycles. The summed E-state index contributed by atoms with van der Waals surface area (Å²) in [5.41, 5.74) is 5.07. The summed E-state index contributed by atoms with van der Waals surface area (Å²) in [7, 11) is -0.301. The summed E-state index contributed by atoms with van der Waals surface area (Å²) in [6, 6.07) is 2.41. The molecule has 12 nitrogen and oxygen atoms in total. The van der Waals surface area contributed by atoms with Gasteiger partial charge in [0.15, 0.2) is 5.82 Å². The smallest absolute Gasteiger partial charge is 0.323 e. The first-order chi connectivity index (χ1) is 15.7. The molecule has 0 saturated heterocycles. The van der Waals surface area contributed by atoms with Crippen molar-refractivity contribution in [1.82, 2.24) is 19.7 Å². The number of nitrogens with two attached hydrogens (primary N) is 1. The lowest BCUT2D eigenvalue weighted by Gasteiger charge is -2.33. The first kappa shape index (κ1) is 27.1. The van der Waals surface area contributed by atoms with Gasteiger partial charge in [0.2, 0.25) is 0 Å². The number of nitrogen functional groups attached to an aromatic ring is 1. The number of halogens is 1. The number of methoxy groups -OCH3 is 2. The number of nitrogens with zero attached hydrogens (tertiary/aromatic N) is 3. The van der Waals surface area contributed by atoms with Gasteiger partial charge in [-0.15, -0.1) is 0 Å². The zero-order valence-electron chi connectivity index (χ0n) is 19.0. The van der Waals surface area contributed by atoms with Gasteiger partial charge in [-0.05, 0) is 26.0 Å². The molecule has 186 valence electrons. The molecular formula is C19H31FN5O7P. The van der Waals surface area contributed by atoms with Crippen molar-refractivity contribution >= 4 is 25.5 Å². The van der Waals surface area contributed by atoms with Gasteiger partial charge < -0.3 is 29.6 Å². The number of anilines is 1. The molecule has 0 aliphatic rings. The second-order valence-corrected chi connectivity index (χ2v) is 8.66. The Kier molecular flexibility index (Phi) is 10.1. The highest BCUT2D eigenvalue weighted by Crippen LogP contribution is 2.27. The predicted molar refractivity (Wildman–Crippen MR) is 118 cm³/mol. The standard InChI is InChI=1S/C19H31FN5O7P/c1-12(29-3)8-31-18(27)13(2)24-33(28)32-10-19(9-20,30-4)16(26)7-14-5-6-15-17(21)22-11-23-25(14)15/h5-6,11-13,16,26,33H,7-10H2,1-4H3,(H,24,28)(H2,21,22,23)/t12-,13-,16-,19+/m0/s1. The fraction of sp³-hybridized carbons (Fsp3) is 0.632. The Bertz CT molecular complexity index is 942. The molecule has 5 atom stereocenters. The van der Waals surface area contributed by atoms with Crippen LogP contribution in [0.25, 0.3) is 5.52 Å². The van der Waals surface area contributed by atoms with Crippen LogP contribution in [0.1, 0.15) is 19.5 Å². The summed E-state index contributed by atoms with van der Waals surface area (Å²) in [6.45, 7) is 1.56. The van der Waals surface area contributed by atoms with Gasteiger partial charge in [-0.25, -0.2) is 19.0 Å². The van der Waals surface area contributed by atoms with Crippen LogP contribution in [0.5, 0.6) is 0 Å². The molecule has 2 aromatic rings. The molecule has 0 spiro atoms. The molecule has 2 heterocycles. The van der Waals surface area contributed by atoms with Crippen molar-refractivity contribution in [2.75, 3.05) is 39.8 Å². The lowest BCUT2D eigenvalue weighted by molar-refractivity contribution is -0.148. The number of hydrogen-bond donors (Lipinski definition) is 3. The Hall–Kier alpha value is -2.15. The predicted octanol–water partition coefficient (Wildman–Crippen LogP) is 0.532. The molecule has 0 aliphatic heterocycles. The maximum atomic E-state index is 14.0. The van der Waals surface area contributed by atoms with Gasteiger partial charge in [-0.2, -0.15) is 5.10 Å². The Labute approximate surface area is 191 Å². The van der Waals surface area contributed by atoms with E-state index in [-0.39, 0.29) is 24.9 Å². The Morgan fingerprint density at radius 1 is 1.39 bits per heavy atom. The monoisotopic (exact) mass is 491 g/mol. The van der Waals surface area contributed by atoms with Crippen molar-refractivity contribution in [3.8, 4) is 0 Å². The molecule has 0 radical (unpaired) electrons. The number of aromatic nitrogens is 3. The summed E-state index contributed by atoms with van der Waals surface area (Å²) < 4.78 is 48.3. The van der Waals surface area contributed by atoms with Gasteiger partial charge in [0, 0.05) is 26.3 Å². The fourth-order valence-electron chi connectivity index (χ4n) is 2.88. The van der Waals surface area contributed by atoms with E-state index in [0.717, 1.165) is 0 Å². The molecule has 0 aromatic carbocycles. The van der Waals surface area contributed by atoms with E-state index >= 15 is 0 Å². The normalized spacial score (nSPS) is 17.3. The molecule has 0 amide bonds. The van der Waals surface area contributed by atoms with Crippen molar-refractivity contribution < 1.29 is 37.6 Å². The van der Waals surface area contributed by atoms with Crippen LogP contribution >= 0.6 is 8.18 Å². The van der Waals surface area contributed by atoms with Gasteiger partial charge in [-0.1, -0.05) is 0 Å². The summed E-state index contributed by atoms with van der Waals surface area (Å²) in [5, 5.41) is 17.3. The van der Waals surface area contributed by atoms with Crippen LogP contribution in [0, 0.1) is 0 Å². The zero-order valence-corrected chi connectivity index (χ0v) is 20.0. The highest BCUT2D eigenvalue weighted by molar-refractivity contribution is 7.36. The number of aliphatic hydroxyl groups is 1.